The van der Waals surface area contributed by atoms with E-state index >= 15 is 0 Å². The van der Waals surface area contributed by atoms with Gasteiger partial charge in [0.2, 0.25) is 0 Å². The third kappa shape index (κ3) is 6.66. The summed E-state index contributed by atoms with van der Waals surface area (Å²) in [5.41, 5.74) is 3.63. The first-order valence-corrected chi connectivity index (χ1v) is 10.4. The van der Waals surface area contributed by atoms with E-state index in [9.17, 15) is 20.2 Å². The zero-order chi connectivity index (χ0) is 21.2. The van der Waals surface area contributed by atoms with E-state index < -0.39 is 0 Å². The highest BCUT2D eigenvalue weighted by molar-refractivity contribution is 5.47. The van der Waals surface area contributed by atoms with Crippen molar-refractivity contribution < 1.29 is 9.85 Å². The number of nitro benzene ring substituents is 2. The van der Waals surface area contributed by atoms with Crippen LogP contribution in [-0.4, -0.2) is 9.85 Å². The average Bonchev–Trinajstić information content (AvgIpc) is 2.66. The maximum atomic E-state index is 11.2. The molecule has 0 radical (unpaired) electrons. The predicted octanol–water partition coefficient (Wildman–Crippen LogP) is 6.64. The van der Waals surface area contributed by atoms with Gasteiger partial charge in [-0.1, -0.05) is 68.5 Å². The van der Waals surface area contributed by atoms with Crippen molar-refractivity contribution in [1.82, 2.24) is 0 Å². The lowest BCUT2D eigenvalue weighted by molar-refractivity contribution is -0.386. The van der Waals surface area contributed by atoms with Crippen LogP contribution in [0.25, 0.3) is 0 Å². The van der Waals surface area contributed by atoms with E-state index in [0.29, 0.717) is 0 Å². The fraction of sp³-hybridized carbons (Fsp3) is 0.478. The molecular formula is C23H30N2O4. The summed E-state index contributed by atoms with van der Waals surface area (Å²) in [4.78, 5) is 21.9. The Hall–Kier alpha value is -2.76. The van der Waals surface area contributed by atoms with E-state index in [2.05, 4.69) is 0 Å². The Morgan fingerprint density at radius 3 is 1.31 bits per heavy atom. The van der Waals surface area contributed by atoms with Crippen LogP contribution >= 0.6 is 0 Å². The van der Waals surface area contributed by atoms with Gasteiger partial charge < -0.3 is 0 Å². The number of nitro groups is 2. The molecule has 29 heavy (non-hydrogen) atoms. The number of benzene rings is 2. The van der Waals surface area contributed by atoms with E-state index in [0.717, 1.165) is 80.0 Å². The third-order valence-electron chi connectivity index (χ3n) is 5.40. The van der Waals surface area contributed by atoms with Crippen molar-refractivity contribution in [2.24, 2.45) is 0 Å². The lowest BCUT2D eigenvalue weighted by Crippen LogP contribution is -1.98. The summed E-state index contributed by atoms with van der Waals surface area (Å²) in [6.07, 6.45) is 8.90. The first kappa shape index (κ1) is 22.5. The summed E-state index contributed by atoms with van der Waals surface area (Å²) < 4.78 is 0. The number of hydrogen-bond acceptors (Lipinski definition) is 4. The van der Waals surface area contributed by atoms with Gasteiger partial charge in [-0.15, -0.1) is 0 Å². The molecule has 2 aromatic carbocycles. The molecule has 0 unspecified atom stereocenters. The lowest BCUT2D eigenvalue weighted by atomic mass is 10.00. The van der Waals surface area contributed by atoms with Gasteiger partial charge in [-0.3, -0.25) is 20.2 Å². The van der Waals surface area contributed by atoms with Gasteiger partial charge in [-0.25, -0.2) is 0 Å². The minimum absolute atomic E-state index is 0.262. The summed E-state index contributed by atoms with van der Waals surface area (Å²) >= 11 is 0. The third-order valence-corrected chi connectivity index (χ3v) is 5.40. The molecule has 0 aliphatic heterocycles. The standard InChI is InChI=1S/C23H30N2O4/c1-18-12-10-16-20(22(18)24(26)27)14-8-6-4-3-5-7-9-15-21-17-11-13-19(2)23(21)25(28)29/h10-13,16-17H,3-9,14-15H2,1-2H3. The molecule has 0 N–H and O–H groups in total. The molecule has 0 saturated heterocycles. The summed E-state index contributed by atoms with van der Waals surface area (Å²) in [7, 11) is 0. The highest BCUT2D eigenvalue weighted by Gasteiger charge is 2.16. The normalized spacial score (nSPS) is 10.8. The molecule has 0 spiro atoms. The number of unbranched alkanes of at least 4 members (excludes halogenated alkanes) is 6. The summed E-state index contributed by atoms with van der Waals surface area (Å²) in [5, 5.41) is 22.5. The van der Waals surface area contributed by atoms with Crippen molar-refractivity contribution in [2.75, 3.05) is 0 Å². The van der Waals surface area contributed by atoms with Gasteiger partial charge in [0, 0.05) is 22.3 Å². The van der Waals surface area contributed by atoms with Crippen molar-refractivity contribution in [2.45, 2.75) is 71.6 Å². The van der Waals surface area contributed by atoms with Crippen LogP contribution < -0.4 is 0 Å². The van der Waals surface area contributed by atoms with Crippen molar-refractivity contribution in [3.63, 3.8) is 0 Å². The minimum Gasteiger partial charge on any atom is -0.258 e. The van der Waals surface area contributed by atoms with Crippen LogP contribution in [0, 0.1) is 34.1 Å². The Balaban J connectivity index is 1.63. The molecular weight excluding hydrogens is 368 g/mol. The quantitative estimate of drug-likeness (QED) is 0.228. The van der Waals surface area contributed by atoms with Crippen LogP contribution in [-0.2, 0) is 12.8 Å². The molecule has 0 saturated carbocycles. The van der Waals surface area contributed by atoms with Crippen LogP contribution in [0.5, 0.6) is 0 Å². The van der Waals surface area contributed by atoms with Crippen LogP contribution in [0.4, 0.5) is 11.4 Å². The number of rotatable bonds is 12. The van der Waals surface area contributed by atoms with Gasteiger partial charge >= 0.3 is 0 Å². The first-order chi connectivity index (χ1) is 13.9. The SMILES string of the molecule is Cc1cccc(CCCCCCCCCc2cccc(C)c2[N+](=O)[O-])c1[N+](=O)[O-]. The van der Waals surface area contributed by atoms with Crippen LogP contribution in [0.2, 0.25) is 0 Å². The number of nitrogens with zero attached hydrogens (tertiary/aromatic N) is 2. The molecule has 0 heterocycles. The minimum atomic E-state index is -0.275. The summed E-state index contributed by atoms with van der Waals surface area (Å²) in [5.74, 6) is 0. The molecule has 156 valence electrons. The fourth-order valence-electron chi connectivity index (χ4n) is 3.88. The highest BCUT2D eigenvalue weighted by atomic mass is 16.6. The monoisotopic (exact) mass is 398 g/mol. The molecule has 0 bridgehead atoms. The molecule has 0 aromatic heterocycles. The van der Waals surface area contributed by atoms with Crippen molar-refractivity contribution >= 4 is 11.4 Å². The van der Waals surface area contributed by atoms with Gasteiger partial charge in [0.25, 0.3) is 11.4 Å². The van der Waals surface area contributed by atoms with E-state index in [1.54, 1.807) is 26.0 Å². The molecule has 0 fully saturated rings. The molecule has 6 heteroatoms. The lowest BCUT2D eigenvalue weighted by Gasteiger charge is -2.06. The topological polar surface area (TPSA) is 86.3 Å². The summed E-state index contributed by atoms with van der Waals surface area (Å²) in [6.45, 7) is 3.57. The van der Waals surface area contributed by atoms with Crippen LogP contribution in [0.15, 0.2) is 36.4 Å². The second-order valence-corrected chi connectivity index (χ2v) is 7.65. The van der Waals surface area contributed by atoms with Crippen molar-refractivity contribution in [1.29, 1.82) is 0 Å². The van der Waals surface area contributed by atoms with Gasteiger partial charge in [0.15, 0.2) is 0 Å². The predicted molar refractivity (Wildman–Crippen MR) is 115 cm³/mol. The van der Waals surface area contributed by atoms with E-state index in [1.807, 2.05) is 24.3 Å². The van der Waals surface area contributed by atoms with Gasteiger partial charge in [-0.2, -0.15) is 0 Å². The van der Waals surface area contributed by atoms with Crippen LogP contribution in [0.1, 0.15) is 67.2 Å². The Bertz CT molecular complexity index is 779. The molecule has 6 nitrogen and oxygen atoms in total. The largest absolute Gasteiger partial charge is 0.275 e. The molecule has 0 aliphatic rings. The van der Waals surface area contributed by atoms with E-state index in [4.69, 9.17) is 0 Å². The zero-order valence-electron chi connectivity index (χ0n) is 17.4. The first-order valence-electron chi connectivity index (χ1n) is 10.4. The Morgan fingerprint density at radius 1 is 0.621 bits per heavy atom. The number of hydrogen-bond donors (Lipinski definition) is 0. The molecule has 0 atom stereocenters. The van der Waals surface area contributed by atoms with Crippen molar-refractivity contribution in [3.8, 4) is 0 Å². The van der Waals surface area contributed by atoms with E-state index in [-0.39, 0.29) is 21.2 Å². The Morgan fingerprint density at radius 2 is 0.966 bits per heavy atom. The van der Waals surface area contributed by atoms with Gasteiger partial charge in [-0.05, 0) is 39.5 Å². The number of aryl methyl sites for hydroxylation is 4. The summed E-state index contributed by atoms with van der Waals surface area (Å²) in [6, 6.07) is 11.1. The molecule has 0 amide bonds. The molecule has 0 aliphatic carbocycles. The molecule has 2 rings (SSSR count). The molecule has 2 aromatic rings. The van der Waals surface area contributed by atoms with Crippen LogP contribution in [0.3, 0.4) is 0 Å². The van der Waals surface area contributed by atoms with Gasteiger partial charge in [0.05, 0.1) is 9.85 Å². The smallest absolute Gasteiger partial charge is 0.258 e. The second-order valence-electron chi connectivity index (χ2n) is 7.65. The second kappa shape index (κ2) is 11.3. The Labute approximate surface area is 172 Å². The zero-order valence-corrected chi connectivity index (χ0v) is 17.4. The van der Waals surface area contributed by atoms with Gasteiger partial charge in [0.1, 0.15) is 0 Å². The van der Waals surface area contributed by atoms with Crippen molar-refractivity contribution in [3.05, 3.63) is 78.9 Å². The highest BCUT2D eigenvalue weighted by Crippen LogP contribution is 2.26. The maximum Gasteiger partial charge on any atom is 0.275 e. The Kier molecular flexibility index (Phi) is 8.77. The number of para-hydroxylation sites is 2. The fourth-order valence-corrected chi connectivity index (χ4v) is 3.88. The maximum absolute atomic E-state index is 11.2. The van der Waals surface area contributed by atoms with E-state index in [1.165, 1.54) is 0 Å². The average molecular weight is 399 g/mol.